The third-order valence-corrected chi connectivity index (χ3v) is 4.96. The lowest BCUT2D eigenvalue weighted by molar-refractivity contribution is 0.250. The fourth-order valence-corrected chi connectivity index (χ4v) is 3.18. The molecular formula is C17H32N6. The first-order chi connectivity index (χ1) is 11.0. The first kappa shape index (κ1) is 17.8. The van der Waals surface area contributed by atoms with Gasteiger partial charge in [-0.15, -0.1) is 10.2 Å². The summed E-state index contributed by atoms with van der Waals surface area (Å²) in [7, 11) is 1.98. The van der Waals surface area contributed by atoms with Gasteiger partial charge < -0.3 is 15.2 Å². The van der Waals surface area contributed by atoms with E-state index in [9.17, 15) is 0 Å². The van der Waals surface area contributed by atoms with Gasteiger partial charge in [-0.05, 0) is 51.4 Å². The van der Waals surface area contributed by atoms with E-state index in [4.69, 9.17) is 0 Å². The van der Waals surface area contributed by atoms with Crippen LogP contribution in [-0.2, 0) is 13.6 Å². The van der Waals surface area contributed by atoms with Crippen LogP contribution in [0.4, 0.5) is 0 Å². The summed E-state index contributed by atoms with van der Waals surface area (Å²) in [5.41, 5.74) is 0. The number of rotatable bonds is 5. The molecule has 1 saturated carbocycles. The van der Waals surface area contributed by atoms with E-state index in [1.165, 1.54) is 25.7 Å². The van der Waals surface area contributed by atoms with Gasteiger partial charge in [-0.2, -0.15) is 0 Å². The molecule has 2 N–H and O–H groups in total. The van der Waals surface area contributed by atoms with Crippen LogP contribution in [0.2, 0.25) is 0 Å². The Kier molecular flexibility index (Phi) is 6.42. The lowest BCUT2D eigenvalue weighted by atomic mass is 9.80. The highest BCUT2D eigenvalue weighted by Crippen LogP contribution is 2.29. The van der Waals surface area contributed by atoms with Crippen LogP contribution in [0.1, 0.15) is 58.1 Å². The molecule has 23 heavy (non-hydrogen) atoms. The third-order valence-electron chi connectivity index (χ3n) is 4.96. The maximum Gasteiger partial charge on any atom is 0.191 e. The van der Waals surface area contributed by atoms with Gasteiger partial charge in [0.1, 0.15) is 12.4 Å². The van der Waals surface area contributed by atoms with Crippen LogP contribution in [-0.4, -0.2) is 33.3 Å². The smallest absolute Gasteiger partial charge is 0.191 e. The minimum atomic E-state index is 0.532. The summed E-state index contributed by atoms with van der Waals surface area (Å²) in [6, 6.07) is 0.532. The summed E-state index contributed by atoms with van der Waals surface area (Å²) in [5.74, 6) is 4.38. The predicted molar refractivity (Wildman–Crippen MR) is 94.3 cm³/mol. The van der Waals surface area contributed by atoms with Gasteiger partial charge in [0.2, 0.25) is 0 Å². The largest absolute Gasteiger partial charge is 0.357 e. The molecule has 0 bridgehead atoms. The standard InChI is InChI=1S/C17H32N6/c1-6-18-17(19-11-16-22-21-13(4)23(16)5)20-15-9-7-14(8-10-15)12(2)3/h12,14-15H,6-11H2,1-5H3,(H2,18,19,20). The van der Waals surface area contributed by atoms with E-state index in [-0.39, 0.29) is 0 Å². The molecule has 0 atom stereocenters. The van der Waals surface area contributed by atoms with Gasteiger partial charge in [-0.1, -0.05) is 13.8 Å². The average Bonchev–Trinajstić information content (AvgIpc) is 2.85. The van der Waals surface area contributed by atoms with Crippen molar-refractivity contribution in [3.8, 4) is 0 Å². The molecule has 0 amide bonds. The van der Waals surface area contributed by atoms with E-state index in [1.54, 1.807) is 0 Å². The van der Waals surface area contributed by atoms with Crippen molar-refractivity contribution < 1.29 is 0 Å². The Hall–Kier alpha value is -1.59. The fraction of sp³-hybridized carbons (Fsp3) is 0.824. The van der Waals surface area contributed by atoms with Crippen molar-refractivity contribution in [1.29, 1.82) is 0 Å². The quantitative estimate of drug-likeness (QED) is 0.646. The Morgan fingerprint density at radius 1 is 1.26 bits per heavy atom. The summed E-state index contributed by atoms with van der Waals surface area (Å²) in [4.78, 5) is 4.68. The van der Waals surface area contributed by atoms with Crippen molar-refractivity contribution in [2.24, 2.45) is 23.9 Å². The third kappa shape index (κ3) is 4.94. The number of nitrogens with one attached hydrogen (secondary N) is 2. The summed E-state index contributed by atoms with van der Waals surface area (Å²) in [6.45, 7) is 10.1. The van der Waals surface area contributed by atoms with Crippen LogP contribution in [0.3, 0.4) is 0 Å². The van der Waals surface area contributed by atoms with Crippen molar-refractivity contribution >= 4 is 5.96 Å². The first-order valence-electron chi connectivity index (χ1n) is 8.91. The molecule has 1 aromatic heterocycles. The van der Waals surface area contributed by atoms with Crippen molar-refractivity contribution in [2.75, 3.05) is 6.54 Å². The minimum absolute atomic E-state index is 0.532. The molecular weight excluding hydrogens is 288 g/mol. The SMILES string of the molecule is CCNC(=NCc1nnc(C)n1C)NC1CCC(C(C)C)CC1. The molecule has 1 heterocycles. The van der Waals surface area contributed by atoms with E-state index >= 15 is 0 Å². The highest BCUT2D eigenvalue weighted by Gasteiger charge is 2.23. The van der Waals surface area contributed by atoms with Crippen molar-refractivity contribution in [1.82, 2.24) is 25.4 Å². The maximum atomic E-state index is 4.68. The summed E-state index contributed by atoms with van der Waals surface area (Å²) >= 11 is 0. The van der Waals surface area contributed by atoms with Gasteiger partial charge in [0.15, 0.2) is 11.8 Å². The monoisotopic (exact) mass is 320 g/mol. The molecule has 0 radical (unpaired) electrons. The van der Waals surface area contributed by atoms with E-state index in [0.717, 1.165) is 36.0 Å². The molecule has 130 valence electrons. The first-order valence-corrected chi connectivity index (χ1v) is 8.91. The number of aliphatic imine (C=N–C) groups is 1. The lowest BCUT2D eigenvalue weighted by Crippen LogP contribution is -2.45. The molecule has 0 saturated heterocycles. The number of hydrogen-bond donors (Lipinski definition) is 2. The second-order valence-corrected chi connectivity index (χ2v) is 6.92. The molecule has 6 nitrogen and oxygen atoms in total. The van der Waals surface area contributed by atoms with Crippen LogP contribution in [0.5, 0.6) is 0 Å². The van der Waals surface area contributed by atoms with Crippen LogP contribution in [0.25, 0.3) is 0 Å². The number of guanidine groups is 1. The molecule has 0 aliphatic heterocycles. The molecule has 0 aromatic carbocycles. The number of nitrogens with zero attached hydrogens (tertiary/aromatic N) is 4. The fourth-order valence-electron chi connectivity index (χ4n) is 3.18. The molecule has 1 aromatic rings. The van der Waals surface area contributed by atoms with Crippen molar-refractivity contribution in [3.05, 3.63) is 11.6 Å². The minimum Gasteiger partial charge on any atom is -0.357 e. The van der Waals surface area contributed by atoms with Gasteiger partial charge in [-0.3, -0.25) is 0 Å². The van der Waals surface area contributed by atoms with Gasteiger partial charge in [-0.25, -0.2) is 4.99 Å². The van der Waals surface area contributed by atoms with Crippen LogP contribution < -0.4 is 10.6 Å². The highest BCUT2D eigenvalue weighted by molar-refractivity contribution is 5.80. The van der Waals surface area contributed by atoms with E-state index < -0.39 is 0 Å². The van der Waals surface area contributed by atoms with Gasteiger partial charge in [0.25, 0.3) is 0 Å². The maximum absolute atomic E-state index is 4.68. The number of hydrogen-bond acceptors (Lipinski definition) is 3. The normalized spacial score (nSPS) is 22.4. The van der Waals surface area contributed by atoms with E-state index in [2.05, 4.69) is 46.6 Å². The average molecular weight is 320 g/mol. The summed E-state index contributed by atoms with van der Waals surface area (Å²) in [6.07, 6.45) is 5.10. The number of aryl methyl sites for hydroxylation is 1. The summed E-state index contributed by atoms with van der Waals surface area (Å²) in [5, 5.41) is 15.2. The van der Waals surface area contributed by atoms with Crippen LogP contribution >= 0.6 is 0 Å². The second kappa shape index (κ2) is 8.31. The van der Waals surface area contributed by atoms with E-state index in [0.29, 0.717) is 12.6 Å². The van der Waals surface area contributed by atoms with Crippen molar-refractivity contribution in [3.63, 3.8) is 0 Å². The Morgan fingerprint density at radius 2 is 1.96 bits per heavy atom. The molecule has 1 aliphatic rings. The highest BCUT2D eigenvalue weighted by atomic mass is 15.3. The zero-order valence-corrected chi connectivity index (χ0v) is 15.3. The lowest BCUT2D eigenvalue weighted by Gasteiger charge is -2.32. The molecule has 0 unspecified atom stereocenters. The van der Waals surface area contributed by atoms with Crippen molar-refractivity contribution in [2.45, 2.75) is 66.0 Å². The predicted octanol–water partition coefficient (Wildman–Crippen LogP) is 2.39. The molecule has 2 rings (SSSR count). The Labute approximate surface area is 140 Å². The van der Waals surface area contributed by atoms with Gasteiger partial charge in [0, 0.05) is 19.6 Å². The van der Waals surface area contributed by atoms with E-state index in [1.807, 2.05) is 18.5 Å². The molecule has 1 fully saturated rings. The van der Waals surface area contributed by atoms with Crippen LogP contribution in [0.15, 0.2) is 4.99 Å². The molecule has 0 spiro atoms. The van der Waals surface area contributed by atoms with Crippen LogP contribution in [0, 0.1) is 18.8 Å². The Bertz CT molecular complexity index is 511. The Balaban J connectivity index is 1.91. The molecule has 6 heteroatoms. The Morgan fingerprint density at radius 3 is 2.48 bits per heavy atom. The van der Waals surface area contributed by atoms with Gasteiger partial charge in [0.05, 0.1) is 0 Å². The van der Waals surface area contributed by atoms with Gasteiger partial charge >= 0.3 is 0 Å². The zero-order valence-electron chi connectivity index (χ0n) is 15.3. The number of aromatic nitrogens is 3. The zero-order chi connectivity index (χ0) is 16.8. The second-order valence-electron chi connectivity index (χ2n) is 6.92. The molecule has 1 aliphatic carbocycles. The summed E-state index contributed by atoms with van der Waals surface area (Å²) < 4.78 is 1.99. The topological polar surface area (TPSA) is 67.1 Å².